The van der Waals surface area contributed by atoms with Crippen LogP contribution in [-0.4, -0.2) is 24.7 Å². The average Bonchev–Trinajstić information content (AvgIpc) is 3.47. The third kappa shape index (κ3) is 3.75. The van der Waals surface area contributed by atoms with Gasteiger partial charge in [-0.2, -0.15) is 0 Å². The molecule has 3 aromatic heterocycles. The number of aromatic nitrogens is 5. The van der Waals surface area contributed by atoms with Crippen LogP contribution in [0.2, 0.25) is 0 Å². The second kappa shape index (κ2) is 8.34. The standard InChI is InChI=1S/C23H17N5OS/c1-3-7-17(8-4-1)20-15-25-21(29-20)16-30-23-27-26-22(18-11-13-24-14-12-18)28(23)19-9-5-2-6-10-19/h1-15H,16H2. The van der Waals surface area contributed by atoms with E-state index in [9.17, 15) is 0 Å². The number of benzene rings is 2. The SMILES string of the molecule is c1ccc(-c2cnc(CSc3nnc(-c4ccncc4)n3-c3ccccc3)o2)cc1. The quantitative estimate of drug-likeness (QED) is 0.354. The molecule has 0 aliphatic carbocycles. The van der Waals surface area contributed by atoms with Crippen LogP contribution >= 0.6 is 11.8 Å². The molecule has 0 N–H and O–H groups in total. The van der Waals surface area contributed by atoms with Gasteiger partial charge in [0, 0.05) is 29.2 Å². The molecule has 0 aliphatic rings. The lowest BCUT2D eigenvalue weighted by atomic mass is 10.2. The maximum atomic E-state index is 5.93. The lowest BCUT2D eigenvalue weighted by Gasteiger charge is -2.09. The van der Waals surface area contributed by atoms with E-state index in [1.165, 1.54) is 11.8 Å². The van der Waals surface area contributed by atoms with Gasteiger partial charge in [-0.05, 0) is 24.3 Å². The van der Waals surface area contributed by atoms with E-state index < -0.39 is 0 Å². The molecular weight excluding hydrogens is 394 g/mol. The second-order valence-corrected chi connectivity index (χ2v) is 7.43. The van der Waals surface area contributed by atoms with Crippen molar-refractivity contribution in [3.05, 3.63) is 97.3 Å². The number of rotatable bonds is 6. The van der Waals surface area contributed by atoms with Crippen LogP contribution in [0.5, 0.6) is 0 Å². The maximum Gasteiger partial charge on any atom is 0.205 e. The summed E-state index contributed by atoms with van der Waals surface area (Å²) >= 11 is 1.54. The van der Waals surface area contributed by atoms with E-state index in [0.29, 0.717) is 11.6 Å². The molecule has 30 heavy (non-hydrogen) atoms. The number of hydrogen-bond donors (Lipinski definition) is 0. The molecule has 0 radical (unpaired) electrons. The number of thioether (sulfide) groups is 1. The monoisotopic (exact) mass is 411 g/mol. The van der Waals surface area contributed by atoms with Gasteiger partial charge in [0.15, 0.2) is 16.7 Å². The summed E-state index contributed by atoms with van der Waals surface area (Å²) in [6.07, 6.45) is 5.27. The minimum atomic E-state index is 0.550. The van der Waals surface area contributed by atoms with Crippen molar-refractivity contribution in [1.29, 1.82) is 0 Å². The molecule has 6 nitrogen and oxygen atoms in total. The van der Waals surface area contributed by atoms with E-state index in [-0.39, 0.29) is 0 Å². The Balaban J connectivity index is 1.44. The Morgan fingerprint density at radius 3 is 2.30 bits per heavy atom. The van der Waals surface area contributed by atoms with Gasteiger partial charge < -0.3 is 4.42 Å². The largest absolute Gasteiger partial charge is 0.440 e. The fraction of sp³-hybridized carbons (Fsp3) is 0.0435. The fourth-order valence-corrected chi connectivity index (χ4v) is 3.91. The highest BCUT2D eigenvalue weighted by Gasteiger charge is 2.17. The maximum absolute atomic E-state index is 5.93. The number of oxazole rings is 1. The van der Waals surface area contributed by atoms with Crippen molar-refractivity contribution in [3.8, 4) is 28.4 Å². The van der Waals surface area contributed by atoms with Gasteiger partial charge in [0.25, 0.3) is 0 Å². The van der Waals surface area contributed by atoms with Gasteiger partial charge >= 0.3 is 0 Å². The molecule has 0 saturated carbocycles. The fourth-order valence-electron chi connectivity index (χ4n) is 3.10. The summed E-state index contributed by atoms with van der Waals surface area (Å²) in [6, 6.07) is 23.9. The molecule has 0 unspecified atom stereocenters. The highest BCUT2D eigenvalue weighted by atomic mass is 32.2. The summed E-state index contributed by atoms with van der Waals surface area (Å²) in [6.45, 7) is 0. The van der Waals surface area contributed by atoms with Crippen molar-refractivity contribution < 1.29 is 4.42 Å². The topological polar surface area (TPSA) is 69.6 Å². The van der Waals surface area contributed by atoms with Crippen molar-refractivity contribution in [2.45, 2.75) is 10.9 Å². The van der Waals surface area contributed by atoms with Crippen molar-refractivity contribution in [2.75, 3.05) is 0 Å². The minimum Gasteiger partial charge on any atom is -0.440 e. The molecule has 7 heteroatoms. The van der Waals surface area contributed by atoms with Crippen LogP contribution in [0.1, 0.15) is 5.89 Å². The van der Waals surface area contributed by atoms with Crippen molar-refractivity contribution in [2.24, 2.45) is 0 Å². The van der Waals surface area contributed by atoms with E-state index in [4.69, 9.17) is 4.42 Å². The lowest BCUT2D eigenvalue weighted by Crippen LogP contribution is -1.99. The first-order valence-electron chi connectivity index (χ1n) is 9.42. The molecule has 2 aromatic carbocycles. The summed E-state index contributed by atoms with van der Waals surface area (Å²) < 4.78 is 7.97. The van der Waals surface area contributed by atoms with Gasteiger partial charge in [0.1, 0.15) is 0 Å². The van der Waals surface area contributed by atoms with E-state index in [0.717, 1.165) is 33.6 Å². The number of nitrogens with zero attached hydrogens (tertiary/aromatic N) is 5. The first-order chi connectivity index (χ1) is 14.9. The highest BCUT2D eigenvalue weighted by molar-refractivity contribution is 7.98. The summed E-state index contributed by atoms with van der Waals surface area (Å²) in [4.78, 5) is 8.52. The van der Waals surface area contributed by atoms with Crippen LogP contribution in [-0.2, 0) is 5.75 Å². The van der Waals surface area contributed by atoms with Crippen molar-refractivity contribution in [3.63, 3.8) is 0 Å². The van der Waals surface area contributed by atoms with Crippen molar-refractivity contribution >= 4 is 11.8 Å². The molecular formula is C23H17N5OS. The van der Waals surface area contributed by atoms with Gasteiger partial charge in [-0.25, -0.2) is 4.98 Å². The molecule has 0 atom stereocenters. The predicted octanol–water partition coefficient (Wildman–Crippen LogP) is 5.28. The van der Waals surface area contributed by atoms with E-state index in [1.807, 2.05) is 77.4 Å². The lowest BCUT2D eigenvalue weighted by molar-refractivity contribution is 0.529. The van der Waals surface area contributed by atoms with Crippen LogP contribution in [0.3, 0.4) is 0 Å². The Hall–Kier alpha value is -3.71. The van der Waals surface area contributed by atoms with Crippen molar-refractivity contribution in [1.82, 2.24) is 24.7 Å². The Kier molecular flexibility index (Phi) is 5.10. The van der Waals surface area contributed by atoms with Gasteiger partial charge in [-0.15, -0.1) is 10.2 Å². The summed E-state index contributed by atoms with van der Waals surface area (Å²) in [7, 11) is 0. The predicted molar refractivity (Wildman–Crippen MR) is 116 cm³/mol. The average molecular weight is 411 g/mol. The third-order valence-corrected chi connectivity index (χ3v) is 5.44. The molecule has 146 valence electrons. The molecule has 0 amide bonds. The zero-order valence-corrected chi connectivity index (χ0v) is 16.7. The zero-order chi connectivity index (χ0) is 20.2. The highest BCUT2D eigenvalue weighted by Crippen LogP contribution is 2.30. The second-order valence-electron chi connectivity index (χ2n) is 6.49. The van der Waals surface area contributed by atoms with Gasteiger partial charge in [-0.3, -0.25) is 9.55 Å². The Bertz CT molecular complexity index is 1240. The molecule has 5 rings (SSSR count). The van der Waals surface area contributed by atoms with Gasteiger partial charge in [0.05, 0.1) is 11.9 Å². The summed E-state index contributed by atoms with van der Waals surface area (Å²) in [5.74, 6) is 2.72. The van der Waals surface area contributed by atoms with Crippen LogP contribution in [0, 0.1) is 0 Å². The number of hydrogen-bond acceptors (Lipinski definition) is 6. The van der Waals surface area contributed by atoms with Gasteiger partial charge in [-0.1, -0.05) is 60.3 Å². The first kappa shape index (κ1) is 18.3. The van der Waals surface area contributed by atoms with E-state index in [1.54, 1.807) is 18.6 Å². The van der Waals surface area contributed by atoms with E-state index >= 15 is 0 Å². The zero-order valence-electron chi connectivity index (χ0n) is 15.9. The minimum absolute atomic E-state index is 0.550. The van der Waals surface area contributed by atoms with Crippen LogP contribution in [0.15, 0.2) is 101 Å². The summed E-state index contributed by atoms with van der Waals surface area (Å²) in [5.41, 5.74) is 2.96. The molecule has 0 aliphatic heterocycles. The number of para-hydroxylation sites is 1. The Labute approximate surface area is 177 Å². The Morgan fingerprint density at radius 1 is 0.800 bits per heavy atom. The third-order valence-electron chi connectivity index (χ3n) is 4.52. The van der Waals surface area contributed by atoms with Crippen LogP contribution in [0.4, 0.5) is 0 Å². The van der Waals surface area contributed by atoms with Crippen LogP contribution in [0.25, 0.3) is 28.4 Å². The first-order valence-corrected chi connectivity index (χ1v) is 10.4. The normalized spacial score (nSPS) is 10.9. The smallest absolute Gasteiger partial charge is 0.205 e. The molecule has 3 heterocycles. The summed E-state index contributed by atoms with van der Waals surface area (Å²) in [5, 5.41) is 9.65. The molecule has 0 bridgehead atoms. The molecule has 0 saturated heterocycles. The molecule has 0 spiro atoms. The van der Waals surface area contributed by atoms with E-state index in [2.05, 4.69) is 20.2 Å². The number of pyridine rings is 1. The van der Waals surface area contributed by atoms with Crippen LogP contribution < -0.4 is 0 Å². The van der Waals surface area contributed by atoms with Gasteiger partial charge in [0.2, 0.25) is 5.89 Å². The molecule has 0 fully saturated rings. The Morgan fingerprint density at radius 2 is 1.53 bits per heavy atom. The molecule has 5 aromatic rings.